The third-order valence-electron chi connectivity index (χ3n) is 5.84. The Morgan fingerprint density at radius 1 is 0.964 bits per heavy atom. The fourth-order valence-corrected chi connectivity index (χ4v) is 5.81. The Kier molecular flexibility index (Phi) is 5.51. The van der Waals surface area contributed by atoms with E-state index in [1.807, 2.05) is 18.2 Å². The zero-order valence-electron chi connectivity index (χ0n) is 16.6. The lowest BCUT2D eigenvalue weighted by molar-refractivity contribution is -0.0553. The molecule has 5 heteroatoms. The zero-order valence-corrected chi connectivity index (χ0v) is 19.0. The van der Waals surface area contributed by atoms with E-state index in [0.29, 0.717) is 0 Å². The minimum atomic E-state index is 0.253. The van der Waals surface area contributed by atoms with Crippen LogP contribution < -0.4 is 5.32 Å². The molecule has 2 aromatic carbocycles. The first-order valence-electron chi connectivity index (χ1n) is 9.90. The molecule has 148 valence electrons. The smallest absolute Gasteiger partial charge is 0.173 e. The van der Waals surface area contributed by atoms with Crippen molar-refractivity contribution in [1.82, 2.24) is 9.80 Å². The molecule has 28 heavy (non-hydrogen) atoms. The van der Waals surface area contributed by atoms with Crippen molar-refractivity contribution in [2.24, 2.45) is 10.8 Å². The lowest BCUT2D eigenvalue weighted by Gasteiger charge is -2.57. The highest BCUT2D eigenvalue weighted by atomic mass is 79.9. The molecular formula is C23H28BrN3S. The van der Waals surface area contributed by atoms with E-state index in [2.05, 4.69) is 81.3 Å². The van der Waals surface area contributed by atoms with Crippen molar-refractivity contribution in [2.75, 3.05) is 31.5 Å². The molecular weight excluding hydrogens is 430 g/mol. The number of rotatable bonds is 3. The molecule has 1 N–H and O–H groups in total. The summed E-state index contributed by atoms with van der Waals surface area (Å²) in [4.78, 5) is 5.03. The highest BCUT2D eigenvalue weighted by Gasteiger charge is 2.48. The number of piperidine rings is 2. The van der Waals surface area contributed by atoms with Crippen molar-refractivity contribution in [3.63, 3.8) is 0 Å². The molecule has 2 fully saturated rings. The lowest BCUT2D eigenvalue weighted by Crippen LogP contribution is -2.63. The largest absolute Gasteiger partial charge is 0.348 e. The topological polar surface area (TPSA) is 18.5 Å². The molecule has 0 aromatic heterocycles. The average molecular weight is 458 g/mol. The molecule has 0 saturated carbocycles. The summed E-state index contributed by atoms with van der Waals surface area (Å²) in [5, 5.41) is 4.28. The number of nitrogens with one attached hydrogen (secondary N) is 1. The number of fused-ring (bicyclic) bond motifs is 2. The molecule has 2 aromatic rings. The van der Waals surface area contributed by atoms with E-state index in [1.165, 1.54) is 12.0 Å². The molecule has 0 unspecified atom stereocenters. The number of likely N-dealkylation sites (tertiary alicyclic amines) is 2. The Balaban J connectivity index is 1.45. The Morgan fingerprint density at radius 3 is 2.18 bits per heavy atom. The summed E-state index contributed by atoms with van der Waals surface area (Å²) in [6, 6.07) is 19.0. The van der Waals surface area contributed by atoms with Gasteiger partial charge in [-0.3, -0.25) is 4.90 Å². The molecule has 0 radical (unpaired) electrons. The van der Waals surface area contributed by atoms with Gasteiger partial charge in [-0.25, -0.2) is 0 Å². The summed E-state index contributed by atoms with van der Waals surface area (Å²) in [6.07, 6.45) is 1.27. The second kappa shape index (κ2) is 7.77. The zero-order chi connectivity index (χ0) is 19.8. The van der Waals surface area contributed by atoms with E-state index in [0.717, 1.165) is 48.0 Å². The Hall–Kier alpha value is -1.43. The molecule has 2 aliphatic heterocycles. The van der Waals surface area contributed by atoms with E-state index < -0.39 is 0 Å². The minimum Gasteiger partial charge on any atom is -0.348 e. The highest BCUT2D eigenvalue weighted by Crippen LogP contribution is 2.45. The van der Waals surface area contributed by atoms with Crippen molar-refractivity contribution >= 4 is 38.9 Å². The predicted molar refractivity (Wildman–Crippen MR) is 124 cm³/mol. The summed E-state index contributed by atoms with van der Waals surface area (Å²) in [5.74, 6) is 0. The van der Waals surface area contributed by atoms with Gasteiger partial charge in [-0.15, -0.1) is 0 Å². The van der Waals surface area contributed by atoms with Crippen LogP contribution in [0, 0.1) is 10.8 Å². The van der Waals surface area contributed by atoms with E-state index in [9.17, 15) is 0 Å². The van der Waals surface area contributed by atoms with Crippen molar-refractivity contribution in [1.29, 1.82) is 0 Å². The molecule has 4 rings (SSSR count). The molecule has 0 amide bonds. The van der Waals surface area contributed by atoms with Crippen LogP contribution in [0.15, 0.2) is 59.1 Å². The first kappa shape index (κ1) is 19.9. The first-order chi connectivity index (χ1) is 13.3. The molecule has 2 bridgehead atoms. The standard InChI is InChI=1S/C23H28BrN3S/c1-22-13-23(2,15-26(14-22)12-18-8-10-19(24)11-9-18)17-27(16-22)21(28)25-20-6-4-3-5-7-20/h3-11H,12-17H2,1-2H3,(H,25,28)/t22-,23+. The minimum absolute atomic E-state index is 0.253. The quantitative estimate of drug-likeness (QED) is 0.623. The van der Waals surface area contributed by atoms with E-state index >= 15 is 0 Å². The monoisotopic (exact) mass is 457 g/mol. The number of thiocarbonyl (C=S) groups is 1. The molecule has 2 aliphatic rings. The third kappa shape index (κ3) is 4.58. The summed E-state index contributed by atoms with van der Waals surface area (Å²) >= 11 is 9.31. The van der Waals surface area contributed by atoms with Crippen LogP contribution in [-0.2, 0) is 6.54 Å². The van der Waals surface area contributed by atoms with E-state index in [1.54, 1.807) is 0 Å². The van der Waals surface area contributed by atoms with Crippen LogP contribution in [0.4, 0.5) is 5.69 Å². The van der Waals surface area contributed by atoms with Gasteiger partial charge in [-0.1, -0.05) is 60.1 Å². The number of hydrogen-bond acceptors (Lipinski definition) is 2. The Morgan fingerprint density at radius 2 is 1.57 bits per heavy atom. The van der Waals surface area contributed by atoms with Gasteiger partial charge in [0.25, 0.3) is 0 Å². The normalized spacial score (nSPS) is 27.5. The van der Waals surface area contributed by atoms with Gasteiger partial charge in [0.05, 0.1) is 0 Å². The van der Waals surface area contributed by atoms with Crippen molar-refractivity contribution in [3.8, 4) is 0 Å². The van der Waals surface area contributed by atoms with Crippen molar-refractivity contribution in [3.05, 3.63) is 64.6 Å². The predicted octanol–water partition coefficient (Wildman–Crippen LogP) is 5.38. The Labute approximate surface area is 182 Å². The SMILES string of the molecule is C[C@]12CN(Cc3ccc(Br)cc3)C[C@](C)(CN(C(=S)Nc3ccccc3)C1)C2. The van der Waals surface area contributed by atoms with Crippen molar-refractivity contribution < 1.29 is 0 Å². The van der Waals surface area contributed by atoms with Crippen LogP contribution >= 0.6 is 28.1 Å². The fourth-order valence-electron chi connectivity index (χ4n) is 5.29. The summed E-state index contributed by atoms with van der Waals surface area (Å²) in [6.45, 7) is 10.1. The summed E-state index contributed by atoms with van der Waals surface area (Å²) in [5.41, 5.74) is 2.95. The van der Waals surface area contributed by atoms with E-state index in [-0.39, 0.29) is 10.8 Å². The highest BCUT2D eigenvalue weighted by molar-refractivity contribution is 9.10. The Bertz CT molecular complexity index is 821. The van der Waals surface area contributed by atoms with Gasteiger partial charge < -0.3 is 10.2 Å². The second-order valence-corrected chi connectivity index (χ2v) is 10.5. The van der Waals surface area contributed by atoms with Gasteiger partial charge in [-0.2, -0.15) is 0 Å². The van der Waals surface area contributed by atoms with Crippen LogP contribution in [0.5, 0.6) is 0 Å². The van der Waals surface area contributed by atoms with Gasteiger partial charge in [0, 0.05) is 42.9 Å². The number of halogens is 1. The maximum Gasteiger partial charge on any atom is 0.173 e. The van der Waals surface area contributed by atoms with Gasteiger partial charge in [0.2, 0.25) is 0 Å². The third-order valence-corrected chi connectivity index (χ3v) is 6.73. The van der Waals surface area contributed by atoms with Crippen LogP contribution in [0.1, 0.15) is 25.8 Å². The maximum absolute atomic E-state index is 5.78. The van der Waals surface area contributed by atoms with E-state index in [4.69, 9.17) is 12.2 Å². The number of nitrogens with zero attached hydrogens (tertiary/aromatic N) is 2. The lowest BCUT2D eigenvalue weighted by atomic mass is 9.65. The fraction of sp³-hybridized carbons (Fsp3) is 0.435. The number of para-hydroxylation sites is 1. The second-order valence-electron chi connectivity index (χ2n) is 9.22. The number of hydrogen-bond donors (Lipinski definition) is 1. The summed E-state index contributed by atoms with van der Waals surface area (Å²) < 4.78 is 1.14. The van der Waals surface area contributed by atoms with Crippen molar-refractivity contribution in [2.45, 2.75) is 26.8 Å². The number of anilines is 1. The molecule has 0 aliphatic carbocycles. The molecule has 2 atom stereocenters. The van der Waals surface area contributed by atoms with Gasteiger partial charge in [0.1, 0.15) is 0 Å². The molecule has 3 nitrogen and oxygen atoms in total. The van der Waals surface area contributed by atoms with Crippen LogP contribution in [0.3, 0.4) is 0 Å². The maximum atomic E-state index is 5.78. The average Bonchev–Trinajstić information content (AvgIpc) is 2.62. The van der Waals surface area contributed by atoms with Crippen LogP contribution in [0.25, 0.3) is 0 Å². The molecule has 2 heterocycles. The number of benzene rings is 2. The van der Waals surface area contributed by atoms with Gasteiger partial charge in [-0.05, 0) is 59.3 Å². The van der Waals surface area contributed by atoms with Crippen LogP contribution in [0.2, 0.25) is 0 Å². The summed E-state index contributed by atoms with van der Waals surface area (Å²) in [7, 11) is 0. The molecule has 0 spiro atoms. The van der Waals surface area contributed by atoms with Gasteiger partial charge >= 0.3 is 0 Å². The first-order valence-corrected chi connectivity index (χ1v) is 11.1. The molecule has 2 saturated heterocycles. The van der Waals surface area contributed by atoms with Crippen LogP contribution in [-0.4, -0.2) is 41.1 Å². The van der Waals surface area contributed by atoms with Gasteiger partial charge in [0.15, 0.2) is 5.11 Å².